The van der Waals surface area contributed by atoms with Crippen LogP contribution in [0.1, 0.15) is 42.6 Å². The van der Waals surface area contributed by atoms with Crippen LogP contribution >= 0.6 is 22.9 Å². The normalized spacial score (nSPS) is 11.4. The number of nitrogens with one attached hydrogen (secondary N) is 1. The average Bonchev–Trinajstić information content (AvgIpc) is 3.08. The third-order valence-corrected chi connectivity index (χ3v) is 4.96. The number of nitrogens with zero attached hydrogens (tertiary/aromatic N) is 4. The minimum Gasteiger partial charge on any atom is -0.326 e. The van der Waals surface area contributed by atoms with E-state index in [1.807, 2.05) is 19.1 Å². The molecule has 0 spiro atoms. The maximum atomic E-state index is 12.1. The summed E-state index contributed by atoms with van der Waals surface area (Å²) in [7, 11) is 0. The molecule has 3 rings (SSSR count). The first-order valence-electron chi connectivity index (χ1n) is 7.71. The van der Waals surface area contributed by atoms with E-state index in [0.29, 0.717) is 23.6 Å². The summed E-state index contributed by atoms with van der Waals surface area (Å²) in [6.07, 6.45) is 0.920. The number of fused-ring (bicyclic) bond motifs is 1. The number of hydrogen-bond donors (Lipinski definition) is 1. The topological polar surface area (TPSA) is 72.2 Å². The number of aromatic nitrogens is 4. The first-order chi connectivity index (χ1) is 11.4. The summed E-state index contributed by atoms with van der Waals surface area (Å²) in [5.74, 6) is 1.03. The molecule has 24 heavy (non-hydrogen) atoms. The largest absolute Gasteiger partial charge is 0.326 e. The molecule has 0 fully saturated rings. The Morgan fingerprint density at radius 3 is 2.88 bits per heavy atom. The third kappa shape index (κ3) is 3.57. The van der Waals surface area contributed by atoms with E-state index in [2.05, 4.69) is 34.5 Å². The summed E-state index contributed by atoms with van der Waals surface area (Å²) in [5, 5.41) is 17.1. The van der Waals surface area contributed by atoms with Gasteiger partial charge in [0, 0.05) is 29.5 Å². The van der Waals surface area contributed by atoms with Crippen LogP contribution in [-0.4, -0.2) is 25.7 Å². The number of anilines is 1. The van der Waals surface area contributed by atoms with Gasteiger partial charge in [-0.3, -0.25) is 4.79 Å². The lowest BCUT2D eigenvalue weighted by Crippen LogP contribution is -2.12. The SMILES string of the molecule is Cc1ccc(NC(=O)CCc2nn3c(C(C)C)nnc3s2)cc1Cl. The van der Waals surface area contributed by atoms with Gasteiger partial charge in [-0.05, 0) is 24.6 Å². The summed E-state index contributed by atoms with van der Waals surface area (Å²) in [6, 6.07) is 5.48. The van der Waals surface area contributed by atoms with Crippen LogP contribution < -0.4 is 5.32 Å². The molecule has 0 unspecified atom stereocenters. The third-order valence-electron chi connectivity index (χ3n) is 3.59. The Balaban J connectivity index is 1.62. The van der Waals surface area contributed by atoms with Crippen molar-refractivity contribution in [1.82, 2.24) is 19.8 Å². The van der Waals surface area contributed by atoms with E-state index >= 15 is 0 Å². The average molecular weight is 364 g/mol. The van der Waals surface area contributed by atoms with Gasteiger partial charge in [0.2, 0.25) is 10.9 Å². The predicted octanol–water partition coefficient (Wildman–Crippen LogP) is 3.84. The van der Waals surface area contributed by atoms with E-state index in [1.54, 1.807) is 10.6 Å². The van der Waals surface area contributed by atoms with Gasteiger partial charge in [0.25, 0.3) is 0 Å². The van der Waals surface area contributed by atoms with Gasteiger partial charge in [-0.15, -0.1) is 10.2 Å². The molecule has 3 aromatic rings. The van der Waals surface area contributed by atoms with Crippen molar-refractivity contribution in [2.75, 3.05) is 5.32 Å². The second-order valence-corrected chi connectivity index (χ2v) is 7.36. The molecular formula is C16H18ClN5OS. The van der Waals surface area contributed by atoms with Crippen LogP contribution in [0.15, 0.2) is 18.2 Å². The van der Waals surface area contributed by atoms with Crippen LogP contribution in [0.4, 0.5) is 5.69 Å². The van der Waals surface area contributed by atoms with E-state index in [0.717, 1.165) is 21.4 Å². The Bertz CT molecular complexity index is 886. The zero-order chi connectivity index (χ0) is 17.3. The summed E-state index contributed by atoms with van der Waals surface area (Å²) >= 11 is 7.53. The van der Waals surface area contributed by atoms with Crippen molar-refractivity contribution in [3.05, 3.63) is 39.6 Å². The second kappa shape index (κ2) is 6.86. The standard InChI is InChI=1S/C16H18ClN5OS/c1-9(2)15-19-20-16-22(15)21-14(24-16)7-6-13(23)18-11-5-4-10(3)12(17)8-11/h4-5,8-9H,6-7H2,1-3H3,(H,18,23). The van der Waals surface area contributed by atoms with Crippen LogP contribution in [0.25, 0.3) is 4.96 Å². The molecule has 0 bridgehead atoms. The van der Waals surface area contributed by atoms with Crippen LogP contribution in [0.2, 0.25) is 5.02 Å². The van der Waals surface area contributed by atoms with Crippen molar-refractivity contribution in [2.45, 2.75) is 39.5 Å². The highest BCUT2D eigenvalue weighted by molar-refractivity contribution is 7.16. The van der Waals surface area contributed by atoms with Crippen LogP contribution in [0, 0.1) is 6.92 Å². The van der Waals surface area contributed by atoms with Gasteiger partial charge < -0.3 is 5.32 Å². The molecule has 8 heteroatoms. The fraction of sp³-hybridized carbons (Fsp3) is 0.375. The zero-order valence-electron chi connectivity index (χ0n) is 13.7. The van der Waals surface area contributed by atoms with Crippen molar-refractivity contribution in [2.24, 2.45) is 0 Å². The van der Waals surface area contributed by atoms with Crippen LogP contribution in [0.3, 0.4) is 0 Å². The van der Waals surface area contributed by atoms with Gasteiger partial charge in [0.15, 0.2) is 5.82 Å². The summed E-state index contributed by atoms with van der Waals surface area (Å²) in [6.45, 7) is 6.03. The smallest absolute Gasteiger partial charge is 0.234 e. The predicted molar refractivity (Wildman–Crippen MR) is 95.9 cm³/mol. The number of benzene rings is 1. The van der Waals surface area contributed by atoms with Crippen molar-refractivity contribution < 1.29 is 4.79 Å². The summed E-state index contributed by atoms with van der Waals surface area (Å²) < 4.78 is 1.77. The highest BCUT2D eigenvalue weighted by atomic mass is 35.5. The number of carbonyl (C=O) groups excluding carboxylic acids is 1. The van der Waals surface area contributed by atoms with E-state index in [1.165, 1.54) is 11.3 Å². The fourth-order valence-corrected chi connectivity index (χ4v) is 3.27. The Morgan fingerprint density at radius 1 is 1.38 bits per heavy atom. The maximum Gasteiger partial charge on any atom is 0.234 e. The van der Waals surface area contributed by atoms with Crippen LogP contribution in [-0.2, 0) is 11.2 Å². The van der Waals surface area contributed by atoms with Gasteiger partial charge in [-0.25, -0.2) is 0 Å². The second-order valence-electron chi connectivity index (χ2n) is 5.92. The number of aryl methyl sites for hydroxylation is 2. The van der Waals surface area contributed by atoms with Gasteiger partial charge in [-0.1, -0.05) is 42.9 Å². The van der Waals surface area contributed by atoms with E-state index in [9.17, 15) is 4.79 Å². The Hall–Kier alpha value is -1.99. The lowest BCUT2D eigenvalue weighted by atomic mass is 10.2. The van der Waals surface area contributed by atoms with Crippen LogP contribution in [0.5, 0.6) is 0 Å². The van der Waals surface area contributed by atoms with Crippen molar-refractivity contribution in [3.63, 3.8) is 0 Å². The van der Waals surface area contributed by atoms with E-state index < -0.39 is 0 Å². The van der Waals surface area contributed by atoms with Gasteiger partial charge in [0.1, 0.15) is 5.01 Å². The molecule has 0 aliphatic carbocycles. The number of carbonyl (C=O) groups is 1. The molecule has 2 aromatic heterocycles. The Morgan fingerprint density at radius 2 is 2.17 bits per heavy atom. The number of amides is 1. The zero-order valence-corrected chi connectivity index (χ0v) is 15.3. The first-order valence-corrected chi connectivity index (χ1v) is 8.90. The van der Waals surface area contributed by atoms with E-state index in [-0.39, 0.29) is 11.8 Å². The molecular weight excluding hydrogens is 346 g/mol. The summed E-state index contributed by atoms with van der Waals surface area (Å²) in [5.41, 5.74) is 1.69. The molecule has 0 saturated carbocycles. The highest BCUT2D eigenvalue weighted by Gasteiger charge is 2.15. The lowest BCUT2D eigenvalue weighted by Gasteiger charge is -2.06. The molecule has 1 N–H and O–H groups in total. The highest BCUT2D eigenvalue weighted by Crippen LogP contribution is 2.21. The first kappa shape index (κ1) is 16.9. The molecule has 126 valence electrons. The van der Waals surface area contributed by atoms with Gasteiger partial charge in [-0.2, -0.15) is 9.61 Å². The molecule has 2 heterocycles. The fourth-order valence-electron chi connectivity index (χ4n) is 2.25. The number of halogens is 1. The van der Waals surface area contributed by atoms with Crippen molar-refractivity contribution in [3.8, 4) is 0 Å². The minimum absolute atomic E-state index is 0.0648. The molecule has 6 nitrogen and oxygen atoms in total. The van der Waals surface area contributed by atoms with Gasteiger partial charge in [0.05, 0.1) is 0 Å². The minimum atomic E-state index is -0.0648. The van der Waals surface area contributed by atoms with E-state index in [4.69, 9.17) is 11.6 Å². The Labute approximate surface area is 148 Å². The maximum absolute atomic E-state index is 12.1. The molecule has 0 aliphatic heterocycles. The molecule has 0 atom stereocenters. The van der Waals surface area contributed by atoms with Crippen molar-refractivity contribution in [1.29, 1.82) is 0 Å². The summed E-state index contributed by atoms with van der Waals surface area (Å²) in [4.78, 5) is 12.9. The number of hydrogen-bond acceptors (Lipinski definition) is 5. The molecule has 0 aliphatic rings. The lowest BCUT2D eigenvalue weighted by molar-refractivity contribution is -0.116. The quantitative estimate of drug-likeness (QED) is 0.747. The molecule has 0 saturated heterocycles. The molecule has 0 radical (unpaired) electrons. The molecule has 1 amide bonds. The number of rotatable bonds is 5. The Kier molecular flexibility index (Phi) is 4.82. The van der Waals surface area contributed by atoms with Crippen molar-refractivity contribution >= 4 is 39.5 Å². The molecule has 1 aromatic carbocycles. The monoisotopic (exact) mass is 363 g/mol. The van der Waals surface area contributed by atoms with Gasteiger partial charge >= 0.3 is 0 Å².